The Morgan fingerprint density at radius 2 is 1.63 bits per heavy atom. The minimum Gasteiger partial charge on any atom is -0.392 e. The number of aliphatic hydroxyl groups excluding tert-OH is 1. The number of hydrogen-bond donors (Lipinski definition) is 1. The Bertz CT molecular complexity index is 801. The fraction of sp³-hybridized carbons (Fsp3) is 0.350. The molecule has 3 rings (SSSR count). The van der Waals surface area contributed by atoms with Gasteiger partial charge in [-0.1, -0.05) is 46.9 Å². The molecular weight excluding hydrogens is 407 g/mol. The van der Waals surface area contributed by atoms with Crippen molar-refractivity contribution in [3.63, 3.8) is 0 Å². The van der Waals surface area contributed by atoms with Crippen molar-refractivity contribution in [1.29, 1.82) is 0 Å². The van der Waals surface area contributed by atoms with Crippen molar-refractivity contribution in [3.05, 3.63) is 68.2 Å². The van der Waals surface area contributed by atoms with E-state index in [2.05, 4.69) is 4.90 Å². The van der Waals surface area contributed by atoms with Gasteiger partial charge < -0.3 is 10.0 Å². The minimum atomic E-state index is -0.105. The fourth-order valence-corrected chi connectivity index (χ4v) is 3.96. The number of rotatable bonds is 5. The van der Waals surface area contributed by atoms with Crippen molar-refractivity contribution in [2.75, 3.05) is 26.2 Å². The Labute approximate surface area is 174 Å². The molecule has 0 radical (unpaired) electrons. The van der Waals surface area contributed by atoms with Crippen LogP contribution in [0.25, 0.3) is 0 Å². The summed E-state index contributed by atoms with van der Waals surface area (Å²) < 4.78 is 0. The van der Waals surface area contributed by atoms with Crippen molar-refractivity contribution >= 4 is 40.7 Å². The summed E-state index contributed by atoms with van der Waals surface area (Å²) in [6.07, 6.45) is 0.243. The summed E-state index contributed by atoms with van der Waals surface area (Å²) in [6.45, 7) is 3.38. The molecule has 1 heterocycles. The van der Waals surface area contributed by atoms with E-state index < -0.39 is 0 Å². The van der Waals surface area contributed by atoms with E-state index in [9.17, 15) is 9.90 Å². The van der Waals surface area contributed by atoms with Gasteiger partial charge in [-0.2, -0.15) is 0 Å². The number of piperazine rings is 1. The van der Waals surface area contributed by atoms with Crippen LogP contribution >= 0.6 is 34.8 Å². The largest absolute Gasteiger partial charge is 0.392 e. The van der Waals surface area contributed by atoms with Crippen LogP contribution in [-0.2, 0) is 24.4 Å². The van der Waals surface area contributed by atoms with Crippen molar-refractivity contribution in [1.82, 2.24) is 9.80 Å². The third kappa shape index (κ3) is 5.15. The SMILES string of the molecule is O=C(Cc1cc(Cl)ccc1CO)N1CCN(Cc2c(Cl)cccc2Cl)CC1. The second-order valence-electron chi connectivity index (χ2n) is 6.61. The molecular formula is C20H21Cl3N2O2. The second kappa shape index (κ2) is 9.26. The Morgan fingerprint density at radius 3 is 2.26 bits per heavy atom. The molecule has 0 aromatic heterocycles. The lowest BCUT2D eigenvalue weighted by Gasteiger charge is -2.35. The van der Waals surface area contributed by atoms with E-state index in [4.69, 9.17) is 34.8 Å². The molecule has 0 atom stereocenters. The van der Waals surface area contributed by atoms with Crippen LogP contribution in [-0.4, -0.2) is 47.0 Å². The van der Waals surface area contributed by atoms with Gasteiger partial charge in [0.05, 0.1) is 13.0 Å². The van der Waals surface area contributed by atoms with Crippen LogP contribution in [0, 0.1) is 0 Å². The van der Waals surface area contributed by atoms with Gasteiger partial charge in [-0.15, -0.1) is 0 Å². The molecule has 1 fully saturated rings. The molecule has 1 saturated heterocycles. The number of carbonyl (C=O) groups is 1. The van der Waals surface area contributed by atoms with Gasteiger partial charge >= 0.3 is 0 Å². The molecule has 4 nitrogen and oxygen atoms in total. The minimum absolute atomic E-state index is 0.0439. The molecule has 0 unspecified atom stereocenters. The highest BCUT2D eigenvalue weighted by atomic mass is 35.5. The number of nitrogens with zero attached hydrogens (tertiary/aromatic N) is 2. The first kappa shape index (κ1) is 20.4. The Balaban J connectivity index is 1.57. The maximum atomic E-state index is 12.7. The first-order valence-electron chi connectivity index (χ1n) is 8.79. The lowest BCUT2D eigenvalue weighted by molar-refractivity contribution is -0.132. The zero-order valence-corrected chi connectivity index (χ0v) is 17.1. The highest BCUT2D eigenvalue weighted by Gasteiger charge is 2.23. The Kier molecular flexibility index (Phi) is 7.01. The quantitative estimate of drug-likeness (QED) is 0.783. The molecule has 1 amide bonds. The third-order valence-corrected chi connectivity index (χ3v) is 5.79. The van der Waals surface area contributed by atoms with Crippen LogP contribution in [0.5, 0.6) is 0 Å². The summed E-state index contributed by atoms with van der Waals surface area (Å²) >= 11 is 18.5. The number of amides is 1. The maximum Gasteiger partial charge on any atom is 0.227 e. The molecule has 1 aliphatic heterocycles. The smallest absolute Gasteiger partial charge is 0.227 e. The van der Waals surface area contributed by atoms with Gasteiger partial charge in [0.15, 0.2) is 0 Å². The molecule has 1 aliphatic rings. The maximum absolute atomic E-state index is 12.7. The van der Waals surface area contributed by atoms with Crippen molar-refractivity contribution in [2.45, 2.75) is 19.6 Å². The first-order chi connectivity index (χ1) is 13.0. The molecule has 2 aromatic carbocycles. The highest BCUT2D eigenvalue weighted by Crippen LogP contribution is 2.26. The number of halogens is 3. The van der Waals surface area contributed by atoms with Gasteiger partial charge in [0.2, 0.25) is 5.91 Å². The van der Waals surface area contributed by atoms with E-state index in [-0.39, 0.29) is 18.9 Å². The summed E-state index contributed by atoms with van der Waals surface area (Å²) in [5, 5.41) is 11.4. The van der Waals surface area contributed by atoms with Crippen LogP contribution in [0.3, 0.4) is 0 Å². The normalized spacial score (nSPS) is 15.2. The molecule has 144 valence electrons. The topological polar surface area (TPSA) is 43.8 Å². The van der Waals surface area contributed by atoms with Gasteiger partial charge in [-0.3, -0.25) is 9.69 Å². The summed E-state index contributed by atoms with van der Waals surface area (Å²) in [5.74, 6) is 0.0439. The van der Waals surface area contributed by atoms with E-state index in [0.29, 0.717) is 34.7 Å². The van der Waals surface area contributed by atoms with Gasteiger partial charge in [0.1, 0.15) is 0 Å². The van der Waals surface area contributed by atoms with Crippen LogP contribution in [0.4, 0.5) is 0 Å². The van der Waals surface area contributed by atoms with E-state index in [1.807, 2.05) is 23.1 Å². The van der Waals surface area contributed by atoms with Crippen molar-refractivity contribution < 1.29 is 9.90 Å². The van der Waals surface area contributed by atoms with Gasteiger partial charge in [-0.05, 0) is 35.4 Å². The average Bonchev–Trinajstić information content (AvgIpc) is 2.65. The highest BCUT2D eigenvalue weighted by molar-refractivity contribution is 6.36. The molecule has 0 bridgehead atoms. The predicted octanol–water partition coefficient (Wildman–Crippen LogP) is 4.03. The van der Waals surface area contributed by atoms with Crippen molar-refractivity contribution in [2.24, 2.45) is 0 Å². The fourth-order valence-electron chi connectivity index (χ4n) is 3.25. The molecule has 0 aliphatic carbocycles. The molecule has 0 saturated carbocycles. The van der Waals surface area contributed by atoms with Crippen LogP contribution in [0.2, 0.25) is 15.1 Å². The van der Waals surface area contributed by atoms with Crippen molar-refractivity contribution in [3.8, 4) is 0 Å². The standard InChI is InChI=1S/C20H21Cl3N2O2/c21-16-5-4-14(13-26)15(10-16)11-20(27)25-8-6-24(7-9-25)12-17-18(22)2-1-3-19(17)23/h1-5,10,26H,6-9,11-13H2. The lowest BCUT2D eigenvalue weighted by Crippen LogP contribution is -2.48. The summed E-state index contributed by atoms with van der Waals surface area (Å²) in [5.41, 5.74) is 2.44. The molecule has 1 N–H and O–H groups in total. The van der Waals surface area contributed by atoms with Crippen LogP contribution in [0.1, 0.15) is 16.7 Å². The number of benzene rings is 2. The first-order valence-corrected chi connectivity index (χ1v) is 9.92. The van der Waals surface area contributed by atoms with Crippen LogP contribution in [0.15, 0.2) is 36.4 Å². The number of aliphatic hydroxyl groups is 1. The Hall–Kier alpha value is -1.30. The second-order valence-corrected chi connectivity index (χ2v) is 7.86. The zero-order valence-electron chi connectivity index (χ0n) is 14.8. The van der Waals surface area contributed by atoms with Gasteiger partial charge in [0, 0.05) is 53.4 Å². The van der Waals surface area contributed by atoms with Crippen LogP contribution < -0.4 is 0 Å². The molecule has 27 heavy (non-hydrogen) atoms. The third-order valence-electron chi connectivity index (χ3n) is 4.85. The number of hydrogen-bond acceptors (Lipinski definition) is 3. The van der Waals surface area contributed by atoms with Gasteiger partial charge in [0.25, 0.3) is 0 Å². The van der Waals surface area contributed by atoms with E-state index in [0.717, 1.165) is 29.8 Å². The molecule has 0 spiro atoms. The molecule has 2 aromatic rings. The predicted molar refractivity (Wildman–Crippen MR) is 109 cm³/mol. The summed E-state index contributed by atoms with van der Waals surface area (Å²) in [7, 11) is 0. The summed E-state index contributed by atoms with van der Waals surface area (Å²) in [4.78, 5) is 16.8. The lowest BCUT2D eigenvalue weighted by atomic mass is 10.0. The van der Waals surface area contributed by atoms with E-state index in [1.54, 1.807) is 18.2 Å². The summed E-state index contributed by atoms with van der Waals surface area (Å²) in [6, 6.07) is 10.7. The zero-order chi connectivity index (χ0) is 19.4. The van der Waals surface area contributed by atoms with E-state index in [1.165, 1.54) is 0 Å². The Morgan fingerprint density at radius 1 is 0.963 bits per heavy atom. The molecule has 7 heteroatoms. The van der Waals surface area contributed by atoms with Gasteiger partial charge in [-0.25, -0.2) is 0 Å². The average molecular weight is 428 g/mol. The van der Waals surface area contributed by atoms with E-state index >= 15 is 0 Å². The number of carbonyl (C=O) groups excluding carboxylic acids is 1. The monoisotopic (exact) mass is 426 g/mol.